The van der Waals surface area contributed by atoms with Gasteiger partial charge in [0.15, 0.2) is 0 Å². The Bertz CT molecular complexity index is 527. The summed E-state index contributed by atoms with van der Waals surface area (Å²) in [6.07, 6.45) is 3.98. The number of amides is 1. The SMILES string of the molecule is CC(=O)NCC=Cc1ccc2ccsc2c1. The Morgan fingerprint density at radius 2 is 2.31 bits per heavy atom. The van der Waals surface area contributed by atoms with Crippen LogP contribution in [0.2, 0.25) is 0 Å². The summed E-state index contributed by atoms with van der Waals surface area (Å²) in [6.45, 7) is 2.10. The molecule has 82 valence electrons. The number of benzene rings is 1. The van der Waals surface area contributed by atoms with E-state index >= 15 is 0 Å². The minimum absolute atomic E-state index is 0.00152. The van der Waals surface area contributed by atoms with E-state index in [9.17, 15) is 4.79 Å². The molecule has 2 rings (SSSR count). The third kappa shape index (κ3) is 2.70. The normalized spacial score (nSPS) is 11.1. The van der Waals surface area contributed by atoms with Crippen molar-refractivity contribution in [1.29, 1.82) is 0 Å². The van der Waals surface area contributed by atoms with Crippen LogP contribution in [-0.2, 0) is 4.79 Å². The highest BCUT2D eigenvalue weighted by atomic mass is 32.1. The Morgan fingerprint density at radius 3 is 3.12 bits per heavy atom. The molecule has 0 spiro atoms. The Balaban J connectivity index is 2.06. The average molecular weight is 231 g/mol. The van der Waals surface area contributed by atoms with Gasteiger partial charge in [-0.25, -0.2) is 0 Å². The molecule has 16 heavy (non-hydrogen) atoms. The van der Waals surface area contributed by atoms with Gasteiger partial charge in [-0.3, -0.25) is 4.79 Å². The lowest BCUT2D eigenvalue weighted by Gasteiger charge is -1.96. The highest BCUT2D eigenvalue weighted by Crippen LogP contribution is 2.22. The molecule has 0 aliphatic carbocycles. The van der Waals surface area contributed by atoms with Crippen molar-refractivity contribution in [2.24, 2.45) is 0 Å². The van der Waals surface area contributed by atoms with Gasteiger partial charge >= 0.3 is 0 Å². The third-order valence-corrected chi connectivity index (χ3v) is 3.14. The van der Waals surface area contributed by atoms with E-state index in [4.69, 9.17) is 0 Å². The van der Waals surface area contributed by atoms with Gasteiger partial charge in [0.2, 0.25) is 5.91 Å². The van der Waals surface area contributed by atoms with Crippen molar-refractivity contribution in [3.05, 3.63) is 41.3 Å². The molecule has 1 amide bonds. The summed E-state index contributed by atoms with van der Waals surface area (Å²) in [7, 11) is 0. The van der Waals surface area contributed by atoms with Gasteiger partial charge in [-0.05, 0) is 28.5 Å². The van der Waals surface area contributed by atoms with Crippen LogP contribution in [0.5, 0.6) is 0 Å². The van der Waals surface area contributed by atoms with Crippen molar-refractivity contribution in [2.45, 2.75) is 6.92 Å². The summed E-state index contributed by atoms with van der Waals surface area (Å²) >= 11 is 1.74. The van der Waals surface area contributed by atoms with Crippen LogP contribution in [-0.4, -0.2) is 12.5 Å². The zero-order valence-corrected chi connectivity index (χ0v) is 9.88. The number of nitrogens with one attached hydrogen (secondary N) is 1. The molecule has 3 heteroatoms. The Hall–Kier alpha value is -1.61. The Kier molecular flexibility index (Phi) is 3.37. The number of hydrogen-bond donors (Lipinski definition) is 1. The highest BCUT2D eigenvalue weighted by molar-refractivity contribution is 7.17. The van der Waals surface area contributed by atoms with Crippen LogP contribution in [0.15, 0.2) is 35.7 Å². The molecule has 2 nitrogen and oxygen atoms in total. The number of carbonyl (C=O) groups excluding carboxylic acids is 1. The quantitative estimate of drug-likeness (QED) is 0.864. The maximum absolute atomic E-state index is 10.7. The van der Waals surface area contributed by atoms with Gasteiger partial charge in [-0.1, -0.05) is 24.3 Å². The van der Waals surface area contributed by atoms with Gasteiger partial charge < -0.3 is 5.32 Å². The predicted octanol–water partition coefficient (Wildman–Crippen LogP) is 3.05. The van der Waals surface area contributed by atoms with E-state index in [2.05, 4.69) is 35.0 Å². The van der Waals surface area contributed by atoms with E-state index in [0.29, 0.717) is 6.54 Å². The van der Waals surface area contributed by atoms with Crippen molar-refractivity contribution in [2.75, 3.05) is 6.54 Å². The summed E-state index contributed by atoms with van der Waals surface area (Å²) in [5, 5.41) is 6.10. The molecule has 0 unspecified atom stereocenters. The molecule has 0 saturated heterocycles. The van der Waals surface area contributed by atoms with Gasteiger partial charge in [0.05, 0.1) is 0 Å². The first kappa shape index (κ1) is 10.9. The van der Waals surface area contributed by atoms with Gasteiger partial charge in [-0.15, -0.1) is 11.3 Å². The van der Waals surface area contributed by atoms with Crippen molar-refractivity contribution in [1.82, 2.24) is 5.32 Å². The summed E-state index contributed by atoms with van der Waals surface area (Å²) in [4.78, 5) is 10.7. The molecule has 0 bridgehead atoms. The third-order valence-electron chi connectivity index (χ3n) is 2.26. The van der Waals surface area contributed by atoms with E-state index in [1.807, 2.05) is 12.2 Å². The van der Waals surface area contributed by atoms with E-state index < -0.39 is 0 Å². The zero-order valence-electron chi connectivity index (χ0n) is 9.07. The molecule has 0 saturated carbocycles. The van der Waals surface area contributed by atoms with Crippen LogP contribution in [0, 0.1) is 0 Å². The van der Waals surface area contributed by atoms with Crippen LogP contribution in [0.1, 0.15) is 12.5 Å². The molecular formula is C13H13NOS. The lowest BCUT2D eigenvalue weighted by molar-refractivity contribution is -0.118. The fourth-order valence-corrected chi connectivity index (χ4v) is 2.31. The molecular weight excluding hydrogens is 218 g/mol. The maximum atomic E-state index is 10.7. The van der Waals surface area contributed by atoms with Crippen molar-refractivity contribution in [3.63, 3.8) is 0 Å². The van der Waals surface area contributed by atoms with Gasteiger partial charge in [0, 0.05) is 18.2 Å². The molecule has 0 atom stereocenters. The number of fused-ring (bicyclic) bond motifs is 1. The highest BCUT2D eigenvalue weighted by Gasteiger charge is 1.94. The molecule has 0 fully saturated rings. The minimum Gasteiger partial charge on any atom is -0.353 e. The van der Waals surface area contributed by atoms with Crippen LogP contribution < -0.4 is 5.32 Å². The lowest BCUT2D eigenvalue weighted by atomic mass is 10.1. The van der Waals surface area contributed by atoms with Crippen molar-refractivity contribution in [3.8, 4) is 0 Å². The molecule has 2 aromatic rings. The van der Waals surface area contributed by atoms with Gasteiger partial charge in [0.1, 0.15) is 0 Å². The molecule has 0 aliphatic rings. The van der Waals surface area contributed by atoms with Crippen molar-refractivity contribution >= 4 is 33.4 Å². The van der Waals surface area contributed by atoms with E-state index in [-0.39, 0.29) is 5.91 Å². The van der Waals surface area contributed by atoms with E-state index in [1.54, 1.807) is 11.3 Å². The first-order valence-electron chi connectivity index (χ1n) is 5.14. The first-order valence-corrected chi connectivity index (χ1v) is 6.02. The molecule has 1 aromatic carbocycles. The monoisotopic (exact) mass is 231 g/mol. The second kappa shape index (κ2) is 4.94. The number of hydrogen-bond acceptors (Lipinski definition) is 2. The van der Waals surface area contributed by atoms with Crippen LogP contribution in [0.25, 0.3) is 16.2 Å². The second-order valence-corrected chi connectivity index (χ2v) is 4.51. The minimum atomic E-state index is -0.00152. The van der Waals surface area contributed by atoms with Gasteiger partial charge in [0.25, 0.3) is 0 Å². The standard InChI is InChI=1S/C13H13NOS/c1-10(15)14-7-2-3-11-4-5-12-6-8-16-13(12)9-11/h2-6,8-9H,7H2,1H3,(H,14,15). The number of thiophene rings is 1. The molecule has 1 heterocycles. The van der Waals surface area contributed by atoms with Crippen molar-refractivity contribution < 1.29 is 4.79 Å². The molecule has 1 aromatic heterocycles. The zero-order chi connectivity index (χ0) is 11.4. The van der Waals surface area contributed by atoms with E-state index in [1.165, 1.54) is 22.6 Å². The van der Waals surface area contributed by atoms with Crippen LogP contribution in [0.4, 0.5) is 0 Å². The van der Waals surface area contributed by atoms with Crippen LogP contribution in [0.3, 0.4) is 0 Å². The number of rotatable bonds is 3. The topological polar surface area (TPSA) is 29.1 Å². The molecule has 0 aliphatic heterocycles. The fraction of sp³-hybridized carbons (Fsp3) is 0.154. The summed E-state index contributed by atoms with van der Waals surface area (Å²) in [5.41, 5.74) is 1.17. The van der Waals surface area contributed by atoms with Gasteiger partial charge in [-0.2, -0.15) is 0 Å². The predicted molar refractivity (Wildman–Crippen MR) is 69.5 cm³/mol. The maximum Gasteiger partial charge on any atom is 0.217 e. The van der Waals surface area contributed by atoms with Crippen LogP contribution >= 0.6 is 11.3 Å². The Labute approximate surface area is 98.6 Å². The molecule has 0 radical (unpaired) electrons. The molecule has 1 N–H and O–H groups in total. The summed E-state index contributed by atoms with van der Waals surface area (Å²) < 4.78 is 1.29. The first-order chi connectivity index (χ1) is 7.75. The fourth-order valence-electron chi connectivity index (χ4n) is 1.47. The lowest BCUT2D eigenvalue weighted by Crippen LogP contribution is -2.19. The van der Waals surface area contributed by atoms with E-state index in [0.717, 1.165) is 0 Å². The number of carbonyl (C=O) groups is 1. The summed E-state index contributed by atoms with van der Waals surface area (Å²) in [6, 6.07) is 8.47. The summed E-state index contributed by atoms with van der Waals surface area (Å²) in [5.74, 6) is -0.00152. The smallest absolute Gasteiger partial charge is 0.217 e. The average Bonchev–Trinajstić information content (AvgIpc) is 2.71. The Morgan fingerprint density at radius 1 is 1.44 bits per heavy atom. The second-order valence-electron chi connectivity index (χ2n) is 3.56. The largest absolute Gasteiger partial charge is 0.353 e.